The standard InChI is InChI=1S/C13H16N2OS/c1-2-3-6-9-17-13-14-11-8-5-4-7-10(11)12(16)15-13/h4-5,7-8H,2-3,6,9H2,1H3,(H,14,15,16). The molecule has 1 aromatic heterocycles. The summed E-state index contributed by atoms with van der Waals surface area (Å²) >= 11 is 1.62. The van der Waals surface area contributed by atoms with Crippen molar-refractivity contribution in [3.8, 4) is 0 Å². The molecule has 0 saturated carbocycles. The fourth-order valence-electron chi connectivity index (χ4n) is 1.65. The lowest BCUT2D eigenvalue weighted by Crippen LogP contribution is -2.09. The van der Waals surface area contributed by atoms with E-state index in [4.69, 9.17) is 0 Å². The van der Waals surface area contributed by atoms with Gasteiger partial charge in [0.15, 0.2) is 5.16 Å². The highest BCUT2D eigenvalue weighted by atomic mass is 32.2. The second-order valence-electron chi connectivity index (χ2n) is 3.94. The minimum Gasteiger partial charge on any atom is -0.301 e. The number of aromatic amines is 1. The number of thioether (sulfide) groups is 1. The number of H-pyrrole nitrogens is 1. The van der Waals surface area contributed by atoms with Crippen molar-refractivity contribution in [1.29, 1.82) is 0 Å². The van der Waals surface area contributed by atoms with Crippen molar-refractivity contribution < 1.29 is 0 Å². The van der Waals surface area contributed by atoms with E-state index in [0.29, 0.717) is 5.39 Å². The van der Waals surface area contributed by atoms with E-state index in [-0.39, 0.29) is 5.56 Å². The molecule has 2 aromatic rings. The van der Waals surface area contributed by atoms with Gasteiger partial charge in [0.25, 0.3) is 5.56 Å². The zero-order valence-corrected chi connectivity index (χ0v) is 10.7. The molecule has 0 aliphatic carbocycles. The van der Waals surface area contributed by atoms with Gasteiger partial charge in [0, 0.05) is 5.75 Å². The Hall–Kier alpha value is -1.29. The molecule has 1 heterocycles. The Balaban J connectivity index is 2.16. The lowest BCUT2D eigenvalue weighted by molar-refractivity contribution is 0.777. The Kier molecular flexibility index (Phi) is 4.20. The predicted octanol–water partition coefficient (Wildman–Crippen LogP) is 3.21. The predicted molar refractivity (Wildman–Crippen MR) is 72.6 cm³/mol. The minimum atomic E-state index is -0.0476. The summed E-state index contributed by atoms with van der Waals surface area (Å²) in [5, 5.41) is 1.38. The van der Waals surface area contributed by atoms with Gasteiger partial charge in [-0.1, -0.05) is 43.7 Å². The molecule has 17 heavy (non-hydrogen) atoms. The topological polar surface area (TPSA) is 45.8 Å². The van der Waals surface area contributed by atoms with Crippen LogP contribution in [0.4, 0.5) is 0 Å². The van der Waals surface area contributed by atoms with E-state index in [1.165, 1.54) is 12.8 Å². The molecule has 1 N–H and O–H groups in total. The Labute approximate surface area is 105 Å². The van der Waals surface area contributed by atoms with E-state index in [1.54, 1.807) is 17.8 Å². The number of hydrogen-bond acceptors (Lipinski definition) is 3. The normalized spacial score (nSPS) is 10.9. The van der Waals surface area contributed by atoms with Crippen LogP contribution in [0.5, 0.6) is 0 Å². The first-order chi connectivity index (χ1) is 8.31. The molecule has 0 fully saturated rings. The third kappa shape index (κ3) is 3.09. The molecule has 0 unspecified atom stereocenters. The average molecular weight is 248 g/mol. The van der Waals surface area contributed by atoms with Gasteiger partial charge in [-0.2, -0.15) is 0 Å². The molecule has 0 saturated heterocycles. The Morgan fingerprint density at radius 3 is 2.94 bits per heavy atom. The van der Waals surface area contributed by atoms with Crippen LogP contribution in [0.2, 0.25) is 0 Å². The second kappa shape index (κ2) is 5.87. The summed E-state index contributed by atoms with van der Waals surface area (Å²) in [6.07, 6.45) is 3.60. The lowest BCUT2D eigenvalue weighted by atomic mass is 10.2. The van der Waals surface area contributed by atoms with Crippen LogP contribution < -0.4 is 5.56 Å². The number of nitrogens with one attached hydrogen (secondary N) is 1. The summed E-state index contributed by atoms with van der Waals surface area (Å²) in [4.78, 5) is 19.0. The van der Waals surface area contributed by atoms with Gasteiger partial charge in [-0.3, -0.25) is 4.79 Å². The molecule has 1 aromatic carbocycles. The molecule has 0 aliphatic rings. The molecule has 0 bridgehead atoms. The molecule has 0 atom stereocenters. The minimum absolute atomic E-state index is 0.0476. The maximum absolute atomic E-state index is 11.8. The molecule has 0 radical (unpaired) electrons. The van der Waals surface area contributed by atoms with Gasteiger partial charge >= 0.3 is 0 Å². The number of benzene rings is 1. The summed E-state index contributed by atoms with van der Waals surface area (Å²) in [5.41, 5.74) is 0.725. The molecule has 0 spiro atoms. The number of nitrogens with zero attached hydrogens (tertiary/aromatic N) is 1. The van der Waals surface area contributed by atoms with Gasteiger partial charge in [0.05, 0.1) is 10.9 Å². The summed E-state index contributed by atoms with van der Waals surface area (Å²) in [5.74, 6) is 1.01. The number of fused-ring (bicyclic) bond motifs is 1. The highest BCUT2D eigenvalue weighted by Gasteiger charge is 2.02. The molecule has 90 valence electrons. The van der Waals surface area contributed by atoms with E-state index >= 15 is 0 Å². The van der Waals surface area contributed by atoms with E-state index in [1.807, 2.05) is 18.2 Å². The summed E-state index contributed by atoms with van der Waals surface area (Å²) in [7, 11) is 0. The monoisotopic (exact) mass is 248 g/mol. The second-order valence-corrected chi connectivity index (χ2v) is 5.03. The Morgan fingerprint density at radius 2 is 2.12 bits per heavy atom. The average Bonchev–Trinajstić information content (AvgIpc) is 2.35. The van der Waals surface area contributed by atoms with Gasteiger partial charge in [0.1, 0.15) is 0 Å². The molecule has 2 rings (SSSR count). The van der Waals surface area contributed by atoms with Crippen molar-refractivity contribution in [3.63, 3.8) is 0 Å². The zero-order chi connectivity index (χ0) is 12.1. The van der Waals surface area contributed by atoms with E-state index in [9.17, 15) is 4.79 Å². The van der Waals surface area contributed by atoms with Crippen LogP contribution in [-0.2, 0) is 0 Å². The fourth-order valence-corrected chi connectivity index (χ4v) is 2.52. The zero-order valence-electron chi connectivity index (χ0n) is 9.90. The first-order valence-electron chi connectivity index (χ1n) is 5.93. The first kappa shape index (κ1) is 12.2. The van der Waals surface area contributed by atoms with Gasteiger partial charge in [-0.05, 0) is 18.6 Å². The third-order valence-corrected chi connectivity index (χ3v) is 3.54. The van der Waals surface area contributed by atoms with E-state index in [2.05, 4.69) is 16.9 Å². The molecular weight excluding hydrogens is 232 g/mol. The molecule has 0 amide bonds. The van der Waals surface area contributed by atoms with Gasteiger partial charge in [-0.25, -0.2) is 4.98 Å². The largest absolute Gasteiger partial charge is 0.301 e. The Bertz CT molecular complexity index is 550. The number of hydrogen-bond donors (Lipinski definition) is 1. The third-order valence-electron chi connectivity index (χ3n) is 2.58. The van der Waals surface area contributed by atoms with E-state index < -0.39 is 0 Å². The van der Waals surface area contributed by atoms with Crippen molar-refractivity contribution in [1.82, 2.24) is 9.97 Å². The van der Waals surface area contributed by atoms with Crippen LogP contribution in [0, 0.1) is 0 Å². The van der Waals surface area contributed by atoms with Crippen molar-refractivity contribution in [2.24, 2.45) is 0 Å². The van der Waals surface area contributed by atoms with Crippen LogP contribution in [0.3, 0.4) is 0 Å². The quantitative estimate of drug-likeness (QED) is 0.502. The SMILES string of the molecule is CCCCCSc1nc2ccccc2c(=O)[nH]1. The Morgan fingerprint density at radius 1 is 1.29 bits per heavy atom. The van der Waals surface area contributed by atoms with Crippen molar-refractivity contribution in [3.05, 3.63) is 34.6 Å². The number of unbranched alkanes of at least 4 members (excludes halogenated alkanes) is 2. The number of para-hydroxylation sites is 1. The maximum atomic E-state index is 11.8. The highest BCUT2D eigenvalue weighted by molar-refractivity contribution is 7.99. The van der Waals surface area contributed by atoms with Crippen molar-refractivity contribution >= 4 is 22.7 Å². The first-order valence-corrected chi connectivity index (χ1v) is 6.91. The summed E-state index contributed by atoms with van der Waals surface area (Å²) in [6.45, 7) is 2.18. The van der Waals surface area contributed by atoms with Crippen molar-refractivity contribution in [2.75, 3.05) is 5.75 Å². The smallest absolute Gasteiger partial charge is 0.259 e. The van der Waals surface area contributed by atoms with Crippen LogP contribution in [0.15, 0.2) is 34.2 Å². The number of rotatable bonds is 5. The van der Waals surface area contributed by atoms with Crippen molar-refractivity contribution in [2.45, 2.75) is 31.3 Å². The molecule has 0 aliphatic heterocycles. The van der Waals surface area contributed by atoms with Gasteiger partial charge in [0.2, 0.25) is 0 Å². The molecular formula is C13H16N2OS. The molecule has 4 heteroatoms. The summed E-state index contributed by atoms with van der Waals surface area (Å²) in [6, 6.07) is 7.43. The van der Waals surface area contributed by atoms with Crippen LogP contribution in [0.25, 0.3) is 10.9 Å². The van der Waals surface area contributed by atoms with Crippen LogP contribution in [-0.4, -0.2) is 15.7 Å². The lowest BCUT2D eigenvalue weighted by Gasteiger charge is -2.02. The summed E-state index contributed by atoms with van der Waals surface area (Å²) < 4.78 is 0. The number of aromatic nitrogens is 2. The van der Waals surface area contributed by atoms with Gasteiger partial charge in [-0.15, -0.1) is 0 Å². The maximum Gasteiger partial charge on any atom is 0.259 e. The van der Waals surface area contributed by atoms with E-state index in [0.717, 1.165) is 22.8 Å². The fraction of sp³-hybridized carbons (Fsp3) is 0.385. The van der Waals surface area contributed by atoms with Gasteiger partial charge < -0.3 is 4.98 Å². The molecule has 3 nitrogen and oxygen atoms in total. The highest BCUT2D eigenvalue weighted by Crippen LogP contribution is 2.16. The van der Waals surface area contributed by atoms with Crippen LogP contribution in [0.1, 0.15) is 26.2 Å². The van der Waals surface area contributed by atoms with Crippen LogP contribution >= 0.6 is 11.8 Å².